The fourth-order valence-corrected chi connectivity index (χ4v) is 4.60. The van der Waals surface area contributed by atoms with Gasteiger partial charge < -0.3 is 5.11 Å². The summed E-state index contributed by atoms with van der Waals surface area (Å²) in [5, 5.41) is 10.5. The minimum absolute atomic E-state index is 0.118. The molecule has 0 saturated heterocycles. The maximum Gasteiger partial charge on any atom is 0.0786 e. The van der Waals surface area contributed by atoms with Crippen LogP contribution in [0.2, 0.25) is 0 Å². The topological polar surface area (TPSA) is 20.2 Å². The van der Waals surface area contributed by atoms with E-state index < -0.39 is 0 Å². The molecule has 1 N–H and O–H groups in total. The summed E-state index contributed by atoms with van der Waals surface area (Å²) in [5.41, 5.74) is 3.76. The number of aliphatic hydroxyl groups excluding tert-OH is 1. The molecule has 3 aliphatic carbocycles. The lowest BCUT2D eigenvalue weighted by Gasteiger charge is -2.49. The molecule has 0 amide bonds. The van der Waals surface area contributed by atoms with E-state index in [1.807, 2.05) is 0 Å². The number of hydrogen-bond donors (Lipinski definition) is 1. The van der Waals surface area contributed by atoms with Crippen molar-refractivity contribution in [3.05, 3.63) is 11.1 Å². The first-order chi connectivity index (χ1) is 6.98. The smallest absolute Gasteiger partial charge is 0.0786 e. The van der Waals surface area contributed by atoms with E-state index in [1.54, 1.807) is 5.57 Å². The molecule has 0 spiro atoms. The standard InChI is InChI=1S/C14H22O/c1-13(2)11-7-8-14(13,3)10-6-4-5-9(10)12(11)15/h11-12,15H,4-8H2,1-3H3/t11?,12-,14?/m0/s1. The van der Waals surface area contributed by atoms with Crippen molar-refractivity contribution in [1.82, 2.24) is 0 Å². The second-order valence-corrected chi connectivity index (χ2v) is 6.50. The highest BCUT2D eigenvalue weighted by molar-refractivity contribution is 5.38. The van der Waals surface area contributed by atoms with E-state index in [9.17, 15) is 5.11 Å². The molecule has 1 fully saturated rings. The van der Waals surface area contributed by atoms with Gasteiger partial charge in [0.25, 0.3) is 0 Å². The quantitative estimate of drug-likeness (QED) is 0.603. The summed E-state index contributed by atoms with van der Waals surface area (Å²) in [6.45, 7) is 7.19. The van der Waals surface area contributed by atoms with Crippen molar-refractivity contribution >= 4 is 0 Å². The maximum atomic E-state index is 10.5. The molecule has 0 heterocycles. The summed E-state index contributed by atoms with van der Waals surface area (Å²) >= 11 is 0. The molecule has 3 aliphatic rings. The molecule has 1 nitrogen and oxygen atoms in total. The third-order valence-electron chi connectivity index (χ3n) is 5.97. The van der Waals surface area contributed by atoms with Crippen molar-refractivity contribution < 1.29 is 5.11 Å². The van der Waals surface area contributed by atoms with Crippen molar-refractivity contribution in [2.75, 3.05) is 0 Å². The zero-order chi connectivity index (χ0) is 10.8. The summed E-state index contributed by atoms with van der Waals surface area (Å²) in [6, 6.07) is 0. The van der Waals surface area contributed by atoms with Gasteiger partial charge in [0.15, 0.2) is 0 Å². The Morgan fingerprint density at radius 2 is 1.93 bits per heavy atom. The first kappa shape index (κ1) is 9.89. The van der Waals surface area contributed by atoms with Crippen molar-refractivity contribution in [1.29, 1.82) is 0 Å². The minimum atomic E-state index is -0.118. The van der Waals surface area contributed by atoms with Gasteiger partial charge in [0.1, 0.15) is 0 Å². The summed E-state index contributed by atoms with van der Waals surface area (Å²) in [4.78, 5) is 0. The van der Waals surface area contributed by atoms with Gasteiger partial charge in [-0.05, 0) is 54.4 Å². The lowest BCUT2D eigenvalue weighted by atomic mass is 9.56. The molecule has 15 heavy (non-hydrogen) atoms. The van der Waals surface area contributed by atoms with E-state index in [-0.39, 0.29) is 6.10 Å². The molecular weight excluding hydrogens is 184 g/mol. The Morgan fingerprint density at radius 3 is 2.67 bits per heavy atom. The second kappa shape index (κ2) is 2.68. The number of rotatable bonds is 0. The van der Waals surface area contributed by atoms with E-state index in [2.05, 4.69) is 20.8 Å². The molecule has 84 valence electrons. The van der Waals surface area contributed by atoms with Crippen LogP contribution in [0.1, 0.15) is 52.9 Å². The number of fused-ring (bicyclic) bond motifs is 3. The van der Waals surface area contributed by atoms with E-state index in [0.717, 1.165) is 0 Å². The normalized spacial score (nSPS) is 47.2. The monoisotopic (exact) mass is 206 g/mol. The highest BCUT2D eigenvalue weighted by atomic mass is 16.3. The number of hydrogen-bond acceptors (Lipinski definition) is 1. The molecule has 0 aliphatic heterocycles. The van der Waals surface area contributed by atoms with Crippen LogP contribution in [0.3, 0.4) is 0 Å². The summed E-state index contributed by atoms with van der Waals surface area (Å²) in [5.74, 6) is 0.513. The predicted octanol–water partition coefficient (Wildman–Crippen LogP) is 3.28. The van der Waals surface area contributed by atoms with Gasteiger partial charge in [-0.2, -0.15) is 0 Å². The number of aliphatic hydroxyl groups is 1. The molecule has 2 unspecified atom stereocenters. The number of allylic oxidation sites excluding steroid dienone is 1. The van der Waals surface area contributed by atoms with E-state index in [4.69, 9.17) is 0 Å². The van der Waals surface area contributed by atoms with E-state index in [1.165, 1.54) is 37.7 Å². The zero-order valence-electron chi connectivity index (χ0n) is 10.1. The van der Waals surface area contributed by atoms with E-state index in [0.29, 0.717) is 16.7 Å². The second-order valence-electron chi connectivity index (χ2n) is 6.50. The Morgan fingerprint density at radius 1 is 1.20 bits per heavy atom. The maximum absolute atomic E-state index is 10.5. The van der Waals surface area contributed by atoms with Gasteiger partial charge in [0.05, 0.1) is 6.10 Å². The summed E-state index contributed by atoms with van der Waals surface area (Å²) in [7, 11) is 0. The molecule has 0 radical (unpaired) electrons. The van der Waals surface area contributed by atoms with Crippen LogP contribution in [0.15, 0.2) is 11.1 Å². The molecular formula is C14H22O. The van der Waals surface area contributed by atoms with Crippen LogP contribution in [0, 0.1) is 16.7 Å². The highest BCUT2D eigenvalue weighted by Crippen LogP contribution is 2.67. The van der Waals surface area contributed by atoms with Crippen molar-refractivity contribution in [3.8, 4) is 0 Å². The molecule has 3 atom stereocenters. The van der Waals surface area contributed by atoms with Gasteiger partial charge in [0.2, 0.25) is 0 Å². The SMILES string of the molecule is CC12CCC([C@@H](O)C3=C1CCC3)C2(C)C. The Balaban J connectivity index is 2.18. The van der Waals surface area contributed by atoms with Gasteiger partial charge in [-0.15, -0.1) is 0 Å². The lowest BCUT2D eigenvalue weighted by molar-refractivity contribution is 0.0182. The van der Waals surface area contributed by atoms with Crippen LogP contribution in [-0.4, -0.2) is 11.2 Å². The molecule has 3 rings (SSSR count). The average molecular weight is 206 g/mol. The third kappa shape index (κ3) is 0.939. The Labute approximate surface area is 92.6 Å². The minimum Gasteiger partial charge on any atom is -0.388 e. The van der Waals surface area contributed by atoms with Crippen molar-refractivity contribution in [3.63, 3.8) is 0 Å². The van der Waals surface area contributed by atoms with Crippen LogP contribution in [-0.2, 0) is 0 Å². The molecule has 2 bridgehead atoms. The van der Waals surface area contributed by atoms with Gasteiger partial charge in [0, 0.05) is 0 Å². The first-order valence-corrected chi connectivity index (χ1v) is 6.39. The molecule has 1 heteroatoms. The first-order valence-electron chi connectivity index (χ1n) is 6.39. The average Bonchev–Trinajstić information content (AvgIpc) is 2.68. The van der Waals surface area contributed by atoms with E-state index >= 15 is 0 Å². The molecule has 0 aromatic rings. The van der Waals surface area contributed by atoms with Crippen LogP contribution in [0.5, 0.6) is 0 Å². The van der Waals surface area contributed by atoms with Crippen LogP contribution >= 0.6 is 0 Å². The third-order valence-corrected chi connectivity index (χ3v) is 5.97. The predicted molar refractivity (Wildman–Crippen MR) is 61.5 cm³/mol. The summed E-state index contributed by atoms with van der Waals surface area (Å²) < 4.78 is 0. The highest BCUT2D eigenvalue weighted by Gasteiger charge is 2.60. The molecule has 0 aromatic carbocycles. The van der Waals surface area contributed by atoms with Crippen molar-refractivity contribution in [2.45, 2.75) is 59.0 Å². The Hall–Kier alpha value is -0.300. The van der Waals surface area contributed by atoms with Crippen LogP contribution in [0.25, 0.3) is 0 Å². The zero-order valence-corrected chi connectivity index (χ0v) is 10.1. The fraction of sp³-hybridized carbons (Fsp3) is 0.857. The van der Waals surface area contributed by atoms with Crippen LogP contribution < -0.4 is 0 Å². The van der Waals surface area contributed by atoms with Gasteiger partial charge >= 0.3 is 0 Å². The molecule has 0 aromatic heterocycles. The lowest BCUT2D eigenvalue weighted by Crippen LogP contribution is -2.45. The fourth-order valence-electron chi connectivity index (χ4n) is 4.60. The van der Waals surface area contributed by atoms with Gasteiger partial charge in [-0.3, -0.25) is 0 Å². The van der Waals surface area contributed by atoms with Gasteiger partial charge in [-0.1, -0.05) is 26.3 Å². The summed E-state index contributed by atoms with van der Waals surface area (Å²) in [6.07, 6.45) is 6.09. The van der Waals surface area contributed by atoms with Crippen molar-refractivity contribution in [2.24, 2.45) is 16.7 Å². The Bertz CT molecular complexity index is 339. The molecule has 1 saturated carbocycles. The van der Waals surface area contributed by atoms with Crippen LogP contribution in [0.4, 0.5) is 0 Å². The Kier molecular flexibility index (Phi) is 1.77. The largest absolute Gasteiger partial charge is 0.388 e. The van der Waals surface area contributed by atoms with Gasteiger partial charge in [-0.25, -0.2) is 0 Å².